The van der Waals surface area contributed by atoms with Gasteiger partial charge in [0.25, 0.3) is 0 Å². The average Bonchev–Trinajstić information content (AvgIpc) is 3.35. The highest BCUT2D eigenvalue weighted by Gasteiger charge is 2.30. The molecule has 0 aliphatic carbocycles. The van der Waals surface area contributed by atoms with E-state index in [1.165, 1.54) is 6.07 Å². The molecule has 172 valence electrons. The first-order valence-electron chi connectivity index (χ1n) is 11.1. The second-order valence-electron chi connectivity index (χ2n) is 8.19. The van der Waals surface area contributed by atoms with Crippen LogP contribution < -0.4 is 14.2 Å². The Bertz CT molecular complexity index is 1450. The van der Waals surface area contributed by atoms with E-state index < -0.39 is 0 Å². The lowest BCUT2D eigenvalue weighted by atomic mass is 10.0. The van der Waals surface area contributed by atoms with Crippen molar-refractivity contribution in [2.75, 3.05) is 7.11 Å². The molecule has 1 aliphatic heterocycles. The molecule has 0 atom stereocenters. The zero-order valence-electron chi connectivity index (χ0n) is 19.2. The zero-order chi connectivity index (χ0) is 23.8. The van der Waals surface area contributed by atoms with Gasteiger partial charge in [0.1, 0.15) is 29.7 Å². The summed E-state index contributed by atoms with van der Waals surface area (Å²) in [6.45, 7) is 4.79. The molecule has 0 fully saturated rings. The lowest BCUT2D eigenvalue weighted by molar-refractivity contribution is 0.101. The van der Waals surface area contributed by atoms with E-state index in [0.29, 0.717) is 22.6 Å². The molecule has 5 rings (SSSR count). The molecule has 0 radical (unpaired) electrons. The highest BCUT2D eigenvalue weighted by Crippen LogP contribution is 2.38. The summed E-state index contributed by atoms with van der Waals surface area (Å²) in [5.41, 5.74) is 3.65. The van der Waals surface area contributed by atoms with Crippen LogP contribution in [0.5, 0.6) is 17.2 Å². The number of allylic oxidation sites excluding steroid dienone is 1. The van der Waals surface area contributed by atoms with Crippen LogP contribution in [0.2, 0.25) is 0 Å². The number of ether oxygens (including phenoxy) is 3. The molecule has 4 aromatic rings. The van der Waals surface area contributed by atoms with Crippen LogP contribution in [0.1, 0.15) is 34.0 Å². The van der Waals surface area contributed by atoms with Crippen LogP contribution in [-0.2, 0) is 13.2 Å². The summed E-state index contributed by atoms with van der Waals surface area (Å²) in [4.78, 5) is 13.2. The van der Waals surface area contributed by atoms with E-state index in [4.69, 9.17) is 14.2 Å². The molecule has 1 aliphatic rings. The summed E-state index contributed by atoms with van der Waals surface area (Å²) in [5, 5.41) is 0.978. The van der Waals surface area contributed by atoms with Crippen LogP contribution >= 0.6 is 0 Å². The topological polar surface area (TPSA) is 49.7 Å². The highest BCUT2D eigenvalue weighted by atomic mass is 19.1. The maximum atomic E-state index is 13.9. The first kappa shape index (κ1) is 21.8. The van der Waals surface area contributed by atoms with Crippen molar-refractivity contribution in [2.45, 2.75) is 27.0 Å². The fourth-order valence-corrected chi connectivity index (χ4v) is 4.29. The van der Waals surface area contributed by atoms with E-state index in [1.807, 2.05) is 31.3 Å². The van der Waals surface area contributed by atoms with Crippen molar-refractivity contribution in [1.29, 1.82) is 0 Å². The molecule has 6 heteroatoms. The van der Waals surface area contributed by atoms with Crippen LogP contribution in [0.25, 0.3) is 17.0 Å². The largest absolute Gasteiger partial charge is 0.497 e. The molecule has 0 saturated heterocycles. The number of aromatic nitrogens is 1. The molecule has 0 unspecified atom stereocenters. The number of hydrogen-bond donors (Lipinski definition) is 0. The van der Waals surface area contributed by atoms with Gasteiger partial charge in [0.05, 0.1) is 12.7 Å². The second-order valence-corrected chi connectivity index (χ2v) is 8.19. The minimum Gasteiger partial charge on any atom is -0.497 e. The number of carbonyl (C=O) groups excluding carboxylic acids is 1. The normalized spacial score (nSPS) is 13.9. The van der Waals surface area contributed by atoms with Crippen LogP contribution in [0, 0.1) is 12.7 Å². The van der Waals surface area contributed by atoms with Gasteiger partial charge in [-0.1, -0.05) is 18.2 Å². The standard InChI is InChI=1S/C28H24FNO4/c1-4-30-15-19(22-13-20(32-3)9-10-24(22)30)12-26-28(31)27-17(2)11-21(14-25(27)34-26)33-16-18-7-5-6-8-23(18)29/h5-15H,4,16H2,1-3H3/b26-12-. The third-order valence-electron chi connectivity index (χ3n) is 6.04. The van der Waals surface area contributed by atoms with Crippen LogP contribution in [0.3, 0.4) is 0 Å². The Morgan fingerprint density at radius 3 is 2.68 bits per heavy atom. The molecule has 0 N–H and O–H groups in total. The summed E-state index contributed by atoms with van der Waals surface area (Å²) >= 11 is 0. The van der Waals surface area contributed by atoms with E-state index >= 15 is 0 Å². The number of ketones is 1. The van der Waals surface area contributed by atoms with Crippen LogP contribution in [0.4, 0.5) is 4.39 Å². The Kier molecular flexibility index (Phi) is 5.57. The van der Waals surface area contributed by atoms with Crippen molar-refractivity contribution in [2.24, 2.45) is 0 Å². The van der Waals surface area contributed by atoms with E-state index in [0.717, 1.165) is 34.3 Å². The van der Waals surface area contributed by atoms with Crippen LogP contribution in [-0.4, -0.2) is 17.5 Å². The average molecular weight is 458 g/mol. The number of methoxy groups -OCH3 is 1. The number of rotatable bonds is 6. The minimum absolute atomic E-state index is 0.0832. The molecule has 0 bridgehead atoms. The zero-order valence-corrected chi connectivity index (χ0v) is 19.2. The summed E-state index contributed by atoms with van der Waals surface area (Å²) in [6.07, 6.45) is 3.78. The number of fused-ring (bicyclic) bond motifs is 2. The lowest BCUT2D eigenvalue weighted by Gasteiger charge is -2.09. The maximum absolute atomic E-state index is 13.9. The Hall–Kier alpha value is -4.06. The van der Waals surface area contributed by atoms with Gasteiger partial charge in [-0.25, -0.2) is 4.39 Å². The Labute approximate surface area is 197 Å². The number of Topliss-reactive ketones (excluding diaryl/α,β-unsaturated/α-hetero) is 1. The molecule has 3 aromatic carbocycles. The van der Waals surface area contributed by atoms with Crippen molar-refractivity contribution >= 4 is 22.8 Å². The molecule has 2 heterocycles. The van der Waals surface area contributed by atoms with Crippen molar-refractivity contribution < 1.29 is 23.4 Å². The van der Waals surface area contributed by atoms with Crippen LogP contribution in [0.15, 0.2) is 66.6 Å². The van der Waals surface area contributed by atoms with Crippen molar-refractivity contribution in [3.63, 3.8) is 0 Å². The molecule has 0 spiro atoms. The third kappa shape index (κ3) is 3.81. The number of nitrogens with zero attached hydrogens (tertiary/aromatic N) is 1. The minimum atomic E-state index is -0.320. The van der Waals surface area contributed by atoms with Gasteiger partial charge in [-0.2, -0.15) is 0 Å². The predicted molar refractivity (Wildman–Crippen MR) is 129 cm³/mol. The molecular formula is C28H24FNO4. The number of benzene rings is 3. The van der Waals surface area contributed by atoms with Gasteiger partial charge in [-0.3, -0.25) is 4.79 Å². The van der Waals surface area contributed by atoms with E-state index in [-0.39, 0.29) is 24.0 Å². The summed E-state index contributed by atoms with van der Waals surface area (Å²) in [5.74, 6) is 1.46. The smallest absolute Gasteiger partial charge is 0.232 e. The van der Waals surface area contributed by atoms with Crippen molar-refractivity contribution in [3.05, 3.63) is 94.6 Å². The maximum Gasteiger partial charge on any atom is 0.232 e. The first-order valence-corrected chi connectivity index (χ1v) is 11.1. The van der Waals surface area contributed by atoms with Gasteiger partial charge in [0.15, 0.2) is 5.76 Å². The first-order chi connectivity index (χ1) is 16.5. The third-order valence-corrected chi connectivity index (χ3v) is 6.04. The fraction of sp³-hybridized carbons (Fsp3) is 0.179. The van der Waals surface area contributed by atoms with Gasteiger partial charge in [0, 0.05) is 40.8 Å². The molecule has 0 saturated carbocycles. The van der Waals surface area contributed by atoms with Gasteiger partial charge < -0.3 is 18.8 Å². The highest BCUT2D eigenvalue weighted by molar-refractivity contribution is 6.16. The van der Waals surface area contributed by atoms with Gasteiger partial charge >= 0.3 is 0 Å². The number of halogens is 1. The Balaban J connectivity index is 1.46. The van der Waals surface area contributed by atoms with Gasteiger partial charge in [-0.15, -0.1) is 0 Å². The van der Waals surface area contributed by atoms with Gasteiger partial charge in [0.2, 0.25) is 5.78 Å². The fourth-order valence-electron chi connectivity index (χ4n) is 4.29. The van der Waals surface area contributed by atoms with E-state index in [2.05, 4.69) is 11.5 Å². The lowest BCUT2D eigenvalue weighted by Crippen LogP contribution is -2.00. The van der Waals surface area contributed by atoms with Crippen molar-refractivity contribution in [3.8, 4) is 17.2 Å². The molecule has 1 aromatic heterocycles. The second kappa shape index (κ2) is 8.71. The number of hydrogen-bond acceptors (Lipinski definition) is 4. The summed E-state index contributed by atoms with van der Waals surface area (Å²) < 4.78 is 33.2. The summed E-state index contributed by atoms with van der Waals surface area (Å²) in [7, 11) is 1.63. The molecule has 34 heavy (non-hydrogen) atoms. The Morgan fingerprint density at radius 2 is 1.91 bits per heavy atom. The molecule has 0 amide bonds. The summed E-state index contributed by atoms with van der Waals surface area (Å²) in [6, 6.07) is 15.8. The predicted octanol–water partition coefficient (Wildman–Crippen LogP) is 6.31. The van der Waals surface area contributed by atoms with E-state index in [9.17, 15) is 9.18 Å². The Morgan fingerprint density at radius 1 is 1.09 bits per heavy atom. The monoisotopic (exact) mass is 457 g/mol. The number of carbonyl (C=O) groups is 1. The van der Waals surface area contributed by atoms with E-state index in [1.54, 1.807) is 43.5 Å². The SMILES string of the molecule is CCn1cc(/C=C2\Oc3cc(OCc4ccccc4F)cc(C)c3C2=O)c2cc(OC)ccc21. The molecule has 5 nitrogen and oxygen atoms in total. The quantitative estimate of drug-likeness (QED) is 0.318. The number of aryl methyl sites for hydroxylation is 2. The molecular weight excluding hydrogens is 433 g/mol. The van der Waals surface area contributed by atoms with Gasteiger partial charge in [-0.05, 0) is 55.8 Å². The van der Waals surface area contributed by atoms with Crippen molar-refractivity contribution in [1.82, 2.24) is 4.57 Å².